The van der Waals surface area contributed by atoms with E-state index in [1.807, 2.05) is 24.6 Å². The number of aryl methyl sites for hydroxylation is 1. The lowest BCUT2D eigenvalue weighted by atomic mass is 10.5. The molecule has 0 fully saturated rings. The summed E-state index contributed by atoms with van der Waals surface area (Å²) in [4.78, 5) is 14.9. The zero-order chi connectivity index (χ0) is 9.26. The summed E-state index contributed by atoms with van der Waals surface area (Å²) in [6.07, 6.45) is 2.67. The zero-order valence-corrected chi connectivity index (χ0v) is 7.91. The highest BCUT2D eigenvalue weighted by Gasteiger charge is 2.04. The van der Waals surface area contributed by atoms with Gasteiger partial charge in [-0.3, -0.25) is 9.36 Å². The van der Waals surface area contributed by atoms with Crippen molar-refractivity contribution in [2.45, 2.75) is 6.92 Å². The number of carbonyl (C=O) groups is 1. The molecular weight excluding hydrogens is 184 g/mol. The van der Waals surface area contributed by atoms with Crippen LogP contribution in [0.5, 0.6) is 0 Å². The van der Waals surface area contributed by atoms with Crippen molar-refractivity contribution < 1.29 is 4.79 Å². The number of hydrogen-bond acceptors (Lipinski definition) is 3. The van der Waals surface area contributed by atoms with Gasteiger partial charge in [-0.25, -0.2) is 4.98 Å². The molecule has 2 heterocycles. The summed E-state index contributed by atoms with van der Waals surface area (Å²) in [5.74, 6) is 0. The van der Waals surface area contributed by atoms with Gasteiger partial charge in [-0.15, -0.1) is 11.3 Å². The minimum atomic E-state index is 0.634. The van der Waals surface area contributed by atoms with E-state index in [0.29, 0.717) is 5.69 Å². The minimum Gasteiger partial charge on any atom is -0.296 e. The monoisotopic (exact) mass is 192 g/mol. The molecule has 2 aromatic rings. The second kappa shape index (κ2) is 3.14. The maximum absolute atomic E-state index is 10.6. The fraction of sp³-hybridized carbons (Fsp3) is 0.111. The van der Waals surface area contributed by atoms with E-state index in [2.05, 4.69) is 4.98 Å². The quantitative estimate of drug-likeness (QED) is 0.682. The van der Waals surface area contributed by atoms with Crippen LogP contribution in [-0.4, -0.2) is 15.8 Å². The normalized spacial score (nSPS) is 10.2. The first kappa shape index (κ1) is 8.19. The van der Waals surface area contributed by atoms with E-state index in [0.717, 1.165) is 17.1 Å². The minimum absolute atomic E-state index is 0.634. The molecule has 66 valence electrons. The third-order valence-electron chi connectivity index (χ3n) is 1.71. The van der Waals surface area contributed by atoms with Crippen molar-refractivity contribution in [3.63, 3.8) is 0 Å². The number of rotatable bonds is 2. The van der Waals surface area contributed by atoms with Gasteiger partial charge >= 0.3 is 0 Å². The third kappa shape index (κ3) is 1.40. The van der Waals surface area contributed by atoms with Crippen molar-refractivity contribution in [2.24, 2.45) is 0 Å². The Kier molecular flexibility index (Phi) is 1.98. The molecule has 0 atom stereocenters. The first-order valence-corrected chi connectivity index (χ1v) is 4.74. The highest BCUT2D eigenvalue weighted by Crippen LogP contribution is 2.16. The molecule has 0 radical (unpaired) electrons. The van der Waals surface area contributed by atoms with E-state index in [1.165, 1.54) is 11.3 Å². The van der Waals surface area contributed by atoms with E-state index in [9.17, 15) is 4.79 Å². The van der Waals surface area contributed by atoms with Gasteiger partial charge in [-0.05, 0) is 19.1 Å². The predicted molar refractivity (Wildman–Crippen MR) is 51.6 cm³/mol. The van der Waals surface area contributed by atoms with Crippen LogP contribution in [0.15, 0.2) is 23.7 Å². The number of aldehydes is 1. The Hall–Kier alpha value is -1.42. The van der Waals surface area contributed by atoms with Crippen LogP contribution in [-0.2, 0) is 0 Å². The Balaban J connectivity index is 2.51. The SMILES string of the molecule is Cc1csc(-n2cccc2C=O)n1. The largest absolute Gasteiger partial charge is 0.296 e. The van der Waals surface area contributed by atoms with Crippen LogP contribution < -0.4 is 0 Å². The van der Waals surface area contributed by atoms with Crippen LogP contribution in [0.25, 0.3) is 5.13 Å². The molecule has 0 saturated carbocycles. The number of aromatic nitrogens is 2. The van der Waals surface area contributed by atoms with Crippen molar-refractivity contribution >= 4 is 17.6 Å². The molecule has 0 spiro atoms. The van der Waals surface area contributed by atoms with E-state index in [1.54, 1.807) is 10.6 Å². The summed E-state index contributed by atoms with van der Waals surface area (Å²) in [6, 6.07) is 3.60. The van der Waals surface area contributed by atoms with E-state index in [-0.39, 0.29) is 0 Å². The van der Waals surface area contributed by atoms with Gasteiger partial charge in [0.15, 0.2) is 11.4 Å². The smallest absolute Gasteiger partial charge is 0.194 e. The van der Waals surface area contributed by atoms with E-state index >= 15 is 0 Å². The van der Waals surface area contributed by atoms with Crippen molar-refractivity contribution in [1.82, 2.24) is 9.55 Å². The predicted octanol–water partition coefficient (Wildman–Crippen LogP) is 2.05. The van der Waals surface area contributed by atoms with Gasteiger partial charge in [0.2, 0.25) is 0 Å². The average molecular weight is 192 g/mol. The van der Waals surface area contributed by atoms with Crippen molar-refractivity contribution in [1.29, 1.82) is 0 Å². The number of thiazole rings is 1. The van der Waals surface area contributed by atoms with Gasteiger partial charge < -0.3 is 0 Å². The first-order chi connectivity index (χ1) is 6.31. The molecule has 0 N–H and O–H groups in total. The lowest BCUT2D eigenvalue weighted by Gasteiger charge is -1.97. The summed E-state index contributed by atoms with van der Waals surface area (Å²) in [6.45, 7) is 1.93. The molecule has 3 nitrogen and oxygen atoms in total. The van der Waals surface area contributed by atoms with Gasteiger partial charge in [-0.1, -0.05) is 0 Å². The molecule has 0 amide bonds. The molecular formula is C9H8N2OS. The number of carbonyl (C=O) groups excluding carboxylic acids is 1. The van der Waals surface area contributed by atoms with Crippen LogP contribution in [0, 0.1) is 6.92 Å². The van der Waals surface area contributed by atoms with E-state index in [4.69, 9.17) is 0 Å². The van der Waals surface area contributed by atoms with Crippen molar-refractivity contribution in [3.05, 3.63) is 35.1 Å². The van der Waals surface area contributed by atoms with Crippen LogP contribution in [0.2, 0.25) is 0 Å². The highest BCUT2D eigenvalue weighted by atomic mass is 32.1. The Bertz CT molecular complexity index is 430. The summed E-state index contributed by atoms with van der Waals surface area (Å²) >= 11 is 1.53. The summed E-state index contributed by atoms with van der Waals surface area (Å²) in [5, 5.41) is 2.80. The molecule has 0 aliphatic rings. The van der Waals surface area contributed by atoms with E-state index < -0.39 is 0 Å². The third-order valence-corrected chi connectivity index (χ3v) is 2.67. The molecule has 0 aliphatic carbocycles. The maximum Gasteiger partial charge on any atom is 0.194 e. The Morgan fingerprint density at radius 3 is 3.08 bits per heavy atom. The lowest BCUT2D eigenvalue weighted by Crippen LogP contribution is -1.96. The molecule has 2 rings (SSSR count). The van der Waals surface area contributed by atoms with Gasteiger partial charge in [-0.2, -0.15) is 0 Å². The number of hydrogen-bond donors (Lipinski definition) is 0. The fourth-order valence-corrected chi connectivity index (χ4v) is 1.92. The summed E-state index contributed by atoms with van der Waals surface area (Å²) in [7, 11) is 0. The van der Waals surface area contributed by atoms with Crippen LogP contribution >= 0.6 is 11.3 Å². The van der Waals surface area contributed by atoms with Gasteiger partial charge in [0.1, 0.15) is 0 Å². The van der Waals surface area contributed by atoms with Gasteiger partial charge in [0.25, 0.3) is 0 Å². The molecule has 4 heteroatoms. The molecule has 0 aliphatic heterocycles. The van der Waals surface area contributed by atoms with Gasteiger partial charge in [0, 0.05) is 11.6 Å². The van der Waals surface area contributed by atoms with Gasteiger partial charge in [0.05, 0.1) is 11.4 Å². The average Bonchev–Trinajstić information content (AvgIpc) is 2.71. The molecule has 0 saturated heterocycles. The Labute approximate surface area is 79.7 Å². The maximum atomic E-state index is 10.6. The zero-order valence-electron chi connectivity index (χ0n) is 7.10. The fourth-order valence-electron chi connectivity index (χ4n) is 1.12. The Morgan fingerprint density at radius 1 is 1.62 bits per heavy atom. The Morgan fingerprint density at radius 2 is 2.46 bits per heavy atom. The van der Waals surface area contributed by atoms with Crippen molar-refractivity contribution in [3.8, 4) is 5.13 Å². The molecule has 13 heavy (non-hydrogen) atoms. The summed E-state index contributed by atoms with van der Waals surface area (Å²) in [5.41, 5.74) is 1.61. The van der Waals surface area contributed by atoms with Crippen LogP contribution in [0.1, 0.15) is 16.2 Å². The molecule has 2 aromatic heterocycles. The van der Waals surface area contributed by atoms with Crippen LogP contribution in [0.4, 0.5) is 0 Å². The molecule has 0 bridgehead atoms. The second-order valence-corrected chi connectivity index (χ2v) is 3.53. The highest BCUT2D eigenvalue weighted by molar-refractivity contribution is 7.12. The van der Waals surface area contributed by atoms with Crippen molar-refractivity contribution in [2.75, 3.05) is 0 Å². The lowest BCUT2D eigenvalue weighted by molar-refractivity contribution is 0.111. The molecule has 0 aromatic carbocycles. The standard InChI is InChI=1S/C9H8N2OS/c1-7-6-13-9(10-7)11-4-2-3-8(11)5-12/h2-6H,1H3. The second-order valence-electron chi connectivity index (χ2n) is 2.69. The topological polar surface area (TPSA) is 34.9 Å². The number of nitrogens with zero attached hydrogens (tertiary/aromatic N) is 2. The first-order valence-electron chi connectivity index (χ1n) is 3.86. The molecule has 0 unspecified atom stereocenters. The van der Waals surface area contributed by atoms with Crippen LogP contribution in [0.3, 0.4) is 0 Å². The summed E-state index contributed by atoms with van der Waals surface area (Å²) < 4.78 is 1.78.